The minimum atomic E-state index is -0.353. The molecule has 1 N–H and O–H groups in total. The van der Waals surface area contributed by atoms with E-state index >= 15 is 0 Å². The van der Waals surface area contributed by atoms with E-state index in [1.807, 2.05) is 35.8 Å². The number of nitrogens with one attached hydrogen (secondary N) is 1. The van der Waals surface area contributed by atoms with Crippen molar-refractivity contribution in [3.8, 4) is 11.4 Å². The van der Waals surface area contributed by atoms with Crippen LogP contribution < -0.4 is 0 Å². The van der Waals surface area contributed by atoms with Gasteiger partial charge in [-0.25, -0.2) is 0 Å². The number of rotatable bonds is 5. The van der Waals surface area contributed by atoms with Gasteiger partial charge in [0.1, 0.15) is 0 Å². The predicted molar refractivity (Wildman–Crippen MR) is 75.4 cm³/mol. The molecule has 0 aliphatic heterocycles. The molecule has 6 heteroatoms. The standard InChI is InChI=1S/C13H17N3O2S/c1-9-4-6-10(7-5-9)12-14-15-13(19)16(12)8-11(17-2)18-3/h4-7,11H,8H2,1-3H3,(H,15,19). The van der Waals surface area contributed by atoms with E-state index < -0.39 is 0 Å². The summed E-state index contributed by atoms with van der Waals surface area (Å²) in [6, 6.07) is 8.12. The summed E-state index contributed by atoms with van der Waals surface area (Å²) in [5.74, 6) is 0.782. The van der Waals surface area contributed by atoms with Gasteiger partial charge < -0.3 is 9.47 Å². The normalized spacial score (nSPS) is 11.2. The van der Waals surface area contributed by atoms with Crippen molar-refractivity contribution >= 4 is 12.2 Å². The summed E-state index contributed by atoms with van der Waals surface area (Å²) in [5.41, 5.74) is 2.21. The molecule has 19 heavy (non-hydrogen) atoms. The summed E-state index contributed by atoms with van der Waals surface area (Å²) in [6.07, 6.45) is -0.353. The van der Waals surface area contributed by atoms with Crippen molar-refractivity contribution in [1.29, 1.82) is 0 Å². The van der Waals surface area contributed by atoms with E-state index in [0.717, 1.165) is 11.4 Å². The van der Waals surface area contributed by atoms with Gasteiger partial charge in [-0.3, -0.25) is 9.67 Å². The second-order valence-electron chi connectivity index (χ2n) is 4.23. The summed E-state index contributed by atoms with van der Waals surface area (Å²) in [7, 11) is 3.20. The Bertz CT molecular complexity index is 585. The highest BCUT2D eigenvalue weighted by molar-refractivity contribution is 7.71. The summed E-state index contributed by atoms with van der Waals surface area (Å²) in [4.78, 5) is 0. The van der Waals surface area contributed by atoms with Crippen molar-refractivity contribution in [2.45, 2.75) is 19.8 Å². The van der Waals surface area contributed by atoms with E-state index in [1.165, 1.54) is 5.56 Å². The van der Waals surface area contributed by atoms with E-state index in [2.05, 4.69) is 10.2 Å². The van der Waals surface area contributed by atoms with Gasteiger partial charge in [0, 0.05) is 19.8 Å². The van der Waals surface area contributed by atoms with Crippen molar-refractivity contribution in [2.75, 3.05) is 14.2 Å². The molecule has 0 bridgehead atoms. The quantitative estimate of drug-likeness (QED) is 0.675. The summed E-state index contributed by atoms with van der Waals surface area (Å²) in [6.45, 7) is 2.54. The molecule has 5 nitrogen and oxygen atoms in total. The Balaban J connectivity index is 2.37. The maximum atomic E-state index is 5.25. The number of aryl methyl sites for hydroxylation is 1. The Morgan fingerprint density at radius 2 is 1.89 bits per heavy atom. The Morgan fingerprint density at radius 1 is 1.26 bits per heavy atom. The van der Waals surface area contributed by atoms with Crippen LogP contribution in [0.15, 0.2) is 24.3 Å². The highest BCUT2D eigenvalue weighted by Gasteiger charge is 2.13. The Labute approximate surface area is 117 Å². The minimum Gasteiger partial charge on any atom is -0.354 e. The van der Waals surface area contributed by atoms with E-state index in [-0.39, 0.29) is 6.29 Å². The molecule has 0 aliphatic carbocycles. The SMILES string of the molecule is COC(Cn1c(-c2ccc(C)cc2)n[nH]c1=S)OC. The third-order valence-electron chi connectivity index (χ3n) is 2.93. The van der Waals surface area contributed by atoms with Gasteiger partial charge in [0.2, 0.25) is 0 Å². The van der Waals surface area contributed by atoms with Gasteiger partial charge in [0.25, 0.3) is 0 Å². The fourth-order valence-corrected chi connectivity index (χ4v) is 2.01. The van der Waals surface area contributed by atoms with Gasteiger partial charge in [0.15, 0.2) is 16.9 Å². The molecule has 2 aromatic rings. The molecule has 1 aromatic carbocycles. The molecule has 0 saturated heterocycles. The molecule has 102 valence electrons. The first-order valence-electron chi connectivity index (χ1n) is 5.93. The number of methoxy groups -OCH3 is 2. The molecule has 0 amide bonds. The lowest BCUT2D eigenvalue weighted by Crippen LogP contribution is -2.21. The van der Waals surface area contributed by atoms with Crippen LogP contribution in [0.25, 0.3) is 11.4 Å². The van der Waals surface area contributed by atoms with Crippen LogP contribution in [0.4, 0.5) is 0 Å². The van der Waals surface area contributed by atoms with Crippen molar-refractivity contribution in [3.05, 3.63) is 34.6 Å². The zero-order valence-corrected chi connectivity index (χ0v) is 12.0. The topological polar surface area (TPSA) is 52.1 Å². The van der Waals surface area contributed by atoms with Crippen molar-refractivity contribution < 1.29 is 9.47 Å². The first-order valence-corrected chi connectivity index (χ1v) is 6.34. The molecule has 0 spiro atoms. The average Bonchev–Trinajstić information content (AvgIpc) is 2.78. The van der Waals surface area contributed by atoms with Crippen molar-refractivity contribution in [3.63, 3.8) is 0 Å². The van der Waals surface area contributed by atoms with Gasteiger partial charge in [-0.2, -0.15) is 5.10 Å². The van der Waals surface area contributed by atoms with Crippen molar-refractivity contribution in [2.24, 2.45) is 0 Å². The summed E-state index contributed by atoms with van der Waals surface area (Å²) in [5, 5.41) is 7.08. The number of nitrogens with zero attached hydrogens (tertiary/aromatic N) is 2. The number of H-pyrrole nitrogens is 1. The molecule has 0 saturated carbocycles. The largest absolute Gasteiger partial charge is 0.354 e. The van der Waals surface area contributed by atoms with Crippen LogP contribution in [-0.2, 0) is 16.0 Å². The fraction of sp³-hybridized carbons (Fsp3) is 0.385. The Morgan fingerprint density at radius 3 is 2.47 bits per heavy atom. The minimum absolute atomic E-state index is 0.353. The molecule has 0 aliphatic rings. The average molecular weight is 279 g/mol. The zero-order valence-electron chi connectivity index (χ0n) is 11.2. The third-order valence-corrected chi connectivity index (χ3v) is 3.24. The van der Waals surface area contributed by atoms with E-state index in [0.29, 0.717) is 11.3 Å². The predicted octanol–water partition coefficient (Wildman–Crippen LogP) is 2.54. The molecule has 0 fully saturated rings. The summed E-state index contributed by atoms with van der Waals surface area (Å²) >= 11 is 5.25. The maximum absolute atomic E-state index is 5.25. The highest BCUT2D eigenvalue weighted by Crippen LogP contribution is 2.18. The molecule has 1 aromatic heterocycles. The zero-order chi connectivity index (χ0) is 13.8. The van der Waals surface area contributed by atoms with Crippen LogP contribution in [0.5, 0.6) is 0 Å². The van der Waals surface area contributed by atoms with Crippen LogP contribution in [0.2, 0.25) is 0 Å². The molecular weight excluding hydrogens is 262 g/mol. The summed E-state index contributed by atoms with van der Waals surface area (Å²) < 4.78 is 12.8. The number of ether oxygens (including phenoxy) is 2. The van der Waals surface area contributed by atoms with Crippen LogP contribution in [0.3, 0.4) is 0 Å². The van der Waals surface area contributed by atoms with Gasteiger partial charge in [-0.15, -0.1) is 0 Å². The van der Waals surface area contributed by atoms with Gasteiger partial charge in [-0.05, 0) is 19.1 Å². The number of hydrogen-bond donors (Lipinski definition) is 1. The third kappa shape index (κ3) is 3.09. The molecular formula is C13H17N3O2S. The Kier molecular flexibility index (Phi) is 4.47. The van der Waals surface area contributed by atoms with Crippen LogP contribution in [0, 0.1) is 11.7 Å². The van der Waals surface area contributed by atoms with Gasteiger partial charge in [-0.1, -0.05) is 29.8 Å². The fourth-order valence-electron chi connectivity index (χ4n) is 1.80. The maximum Gasteiger partial charge on any atom is 0.195 e. The van der Waals surface area contributed by atoms with Crippen LogP contribution >= 0.6 is 12.2 Å². The van der Waals surface area contributed by atoms with Gasteiger partial charge >= 0.3 is 0 Å². The number of aromatic amines is 1. The second kappa shape index (κ2) is 6.10. The number of hydrogen-bond acceptors (Lipinski definition) is 4. The Hall–Kier alpha value is -1.50. The molecule has 0 unspecified atom stereocenters. The van der Waals surface area contributed by atoms with E-state index in [4.69, 9.17) is 21.7 Å². The highest BCUT2D eigenvalue weighted by atomic mass is 32.1. The van der Waals surface area contributed by atoms with E-state index in [9.17, 15) is 0 Å². The lowest BCUT2D eigenvalue weighted by Gasteiger charge is -2.15. The smallest absolute Gasteiger partial charge is 0.195 e. The monoisotopic (exact) mass is 279 g/mol. The number of aromatic nitrogens is 3. The van der Waals surface area contributed by atoms with E-state index in [1.54, 1.807) is 14.2 Å². The molecule has 0 atom stereocenters. The van der Waals surface area contributed by atoms with Crippen LogP contribution in [0.1, 0.15) is 5.56 Å². The van der Waals surface area contributed by atoms with Gasteiger partial charge in [0.05, 0.1) is 6.54 Å². The lowest BCUT2D eigenvalue weighted by atomic mass is 10.1. The van der Waals surface area contributed by atoms with Crippen molar-refractivity contribution in [1.82, 2.24) is 14.8 Å². The molecule has 1 heterocycles. The number of benzene rings is 1. The second-order valence-corrected chi connectivity index (χ2v) is 4.62. The molecule has 2 rings (SSSR count). The lowest BCUT2D eigenvalue weighted by molar-refractivity contribution is -0.110. The first kappa shape index (κ1) is 13.9. The first-order chi connectivity index (χ1) is 9.15. The van der Waals surface area contributed by atoms with Crippen LogP contribution in [-0.4, -0.2) is 35.3 Å². The molecule has 0 radical (unpaired) electrons.